The Kier molecular flexibility index (Phi) is 4.85. The number of carbonyl (C=O) groups excluding carboxylic acids is 2. The molecule has 2 fully saturated rings. The first kappa shape index (κ1) is 16.9. The van der Waals surface area contributed by atoms with Crippen molar-refractivity contribution in [3.8, 4) is 0 Å². The standard InChI is InChI=1S/C18H23FN2O3/c1-12-4-3-9-21(10-12)18(23)17-16(20(2)15(22)11-24-17)13-5-7-14(19)8-6-13/h5-8,12,16-17H,3-4,9-11H2,1-2H3/t12-,16-,17+/m1/s1. The van der Waals surface area contributed by atoms with Gasteiger partial charge in [-0.3, -0.25) is 9.59 Å². The summed E-state index contributed by atoms with van der Waals surface area (Å²) in [6, 6.07) is 5.37. The van der Waals surface area contributed by atoms with Gasteiger partial charge in [-0.2, -0.15) is 0 Å². The molecule has 0 spiro atoms. The van der Waals surface area contributed by atoms with Crippen molar-refractivity contribution in [2.75, 3.05) is 26.7 Å². The van der Waals surface area contributed by atoms with Gasteiger partial charge in [0.25, 0.3) is 5.91 Å². The first-order valence-corrected chi connectivity index (χ1v) is 8.39. The zero-order valence-corrected chi connectivity index (χ0v) is 14.1. The highest BCUT2D eigenvalue weighted by atomic mass is 19.1. The third kappa shape index (κ3) is 3.29. The molecule has 1 aromatic rings. The Balaban J connectivity index is 1.87. The summed E-state index contributed by atoms with van der Waals surface area (Å²) in [6.45, 7) is 3.46. The third-order valence-electron chi connectivity index (χ3n) is 4.91. The van der Waals surface area contributed by atoms with Crippen LogP contribution in [0.3, 0.4) is 0 Å². The van der Waals surface area contributed by atoms with Gasteiger partial charge in [-0.25, -0.2) is 4.39 Å². The number of benzene rings is 1. The Hall–Kier alpha value is -1.95. The van der Waals surface area contributed by atoms with E-state index < -0.39 is 12.1 Å². The molecule has 1 aromatic carbocycles. The number of nitrogens with zero attached hydrogens (tertiary/aromatic N) is 2. The number of ether oxygens (including phenoxy) is 1. The van der Waals surface area contributed by atoms with Crippen LogP contribution in [0, 0.1) is 11.7 Å². The lowest BCUT2D eigenvalue weighted by Gasteiger charge is -2.41. The van der Waals surface area contributed by atoms with Crippen LogP contribution in [0.4, 0.5) is 4.39 Å². The smallest absolute Gasteiger partial charge is 0.254 e. The number of carbonyl (C=O) groups is 2. The topological polar surface area (TPSA) is 49.9 Å². The van der Waals surface area contributed by atoms with Gasteiger partial charge in [-0.05, 0) is 36.5 Å². The molecule has 0 aliphatic carbocycles. The van der Waals surface area contributed by atoms with Crippen LogP contribution in [-0.4, -0.2) is 54.5 Å². The number of piperidine rings is 1. The van der Waals surface area contributed by atoms with Gasteiger partial charge in [0, 0.05) is 20.1 Å². The Morgan fingerprint density at radius 1 is 1.29 bits per heavy atom. The summed E-state index contributed by atoms with van der Waals surface area (Å²) in [4.78, 5) is 28.4. The first-order chi connectivity index (χ1) is 11.5. The van der Waals surface area contributed by atoms with Crippen LogP contribution >= 0.6 is 0 Å². The second-order valence-corrected chi connectivity index (χ2v) is 6.76. The van der Waals surface area contributed by atoms with Crippen LogP contribution in [0.25, 0.3) is 0 Å². The molecule has 0 aromatic heterocycles. The lowest BCUT2D eigenvalue weighted by Crippen LogP contribution is -2.55. The van der Waals surface area contributed by atoms with Crippen molar-refractivity contribution >= 4 is 11.8 Å². The normalized spacial score (nSPS) is 28.1. The van der Waals surface area contributed by atoms with E-state index in [1.807, 2.05) is 4.90 Å². The summed E-state index contributed by atoms with van der Waals surface area (Å²) in [7, 11) is 1.66. The number of morpholine rings is 1. The Morgan fingerprint density at radius 2 is 2.00 bits per heavy atom. The average Bonchev–Trinajstić information content (AvgIpc) is 2.57. The molecule has 3 atom stereocenters. The molecule has 2 aliphatic heterocycles. The van der Waals surface area contributed by atoms with Gasteiger partial charge < -0.3 is 14.5 Å². The fourth-order valence-electron chi connectivity index (χ4n) is 3.55. The summed E-state index contributed by atoms with van der Waals surface area (Å²) in [5.74, 6) is -0.150. The van der Waals surface area contributed by atoms with Gasteiger partial charge in [-0.15, -0.1) is 0 Å². The monoisotopic (exact) mass is 334 g/mol. The van der Waals surface area contributed by atoms with E-state index in [1.54, 1.807) is 19.2 Å². The van der Waals surface area contributed by atoms with Crippen LogP contribution in [0.1, 0.15) is 31.4 Å². The Morgan fingerprint density at radius 3 is 2.67 bits per heavy atom. The van der Waals surface area contributed by atoms with Gasteiger partial charge in [-0.1, -0.05) is 19.1 Å². The molecular formula is C18H23FN2O3. The predicted molar refractivity (Wildman–Crippen MR) is 86.6 cm³/mol. The van der Waals surface area contributed by atoms with Crippen molar-refractivity contribution in [1.29, 1.82) is 0 Å². The van der Waals surface area contributed by atoms with Crippen molar-refractivity contribution in [2.45, 2.75) is 31.9 Å². The number of hydrogen-bond donors (Lipinski definition) is 0. The maximum atomic E-state index is 13.2. The average molecular weight is 334 g/mol. The molecule has 0 radical (unpaired) electrons. The summed E-state index contributed by atoms with van der Waals surface area (Å²) in [5, 5.41) is 0. The molecule has 3 rings (SSSR count). The SMILES string of the molecule is C[C@@H]1CCCN(C(=O)[C@H]2OCC(=O)N(C)[C@@H]2c2ccc(F)cc2)C1. The van der Waals surface area contributed by atoms with E-state index in [0.717, 1.165) is 19.4 Å². The quantitative estimate of drug-likeness (QED) is 0.831. The van der Waals surface area contributed by atoms with Crippen molar-refractivity contribution < 1.29 is 18.7 Å². The predicted octanol–water partition coefficient (Wildman–Crippen LogP) is 1.98. The van der Waals surface area contributed by atoms with Crippen molar-refractivity contribution in [3.05, 3.63) is 35.6 Å². The summed E-state index contributed by atoms with van der Waals surface area (Å²) < 4.78 is 18.9. The van der Waals surface area contributed by atoms with Gasteiger partial charge in [0.2, 0.25) is 5.91 Å². The van der Waals surface area contributed by atoms with E-state index in [4.69, 9.17) is 4.74 Å². The van der Waals surface area contributed by atoms with Crippen LogP contribution in [0.15, 0.2) is 24.3 Å². The number of hydrogen-bond acceptors (Lipinski definition) is 3. The number of likely N-dealkylation sites (tertiary alicyclic amines) is 1. The van der Waals surface area contributed by atoms with Gasteiger partial charge in [0.15, 0.2) is 6.10 Å². The molecule has 0 N–H and O–H groups in total. The minimum absolute atomic E-state index is 0.0878. The second-order valence-electron chi connectivity index (χ2n) is 6.76. The summed E-state index contributed by atoms with van der Waals surface area (Å²) in [6.07, 6.45) is 1.36. The van der Waals surface area contributed by atoms with E-state index in [9.17, 15) is 14.0 Å². The molecular weight excluding hydrogens is 311 g/mol. The molecule has 24 heavy (non-hydrogen) atoms. The molecule has 6 heteroatoms. The van der Waals surface area contributed by atoms with E-state index in [0.29, 0.717) is 18.0 Å². The van der Waals surface area contributed by atoms with Gasteiger partial charge in [0.05, 0.1) is 6.04 Å². The van der Waals surface area contributed by atoms with Crippen molar-refractivity contribution in [1.82, 2.24) is 9.80 Å². The van der Waals surface area contributed by atoms with E-state index in [2.05, 4.69) is 6.92 Å². The lowest BCUT2D eigenvalue weighted by molar-refractivity contribution is -0.168. The molecule has 2 heterocycles. The molecule has 5 nitrogen and oxygen atoms in total. The number of halogens is 1. The van der Waals surface area contributed by atoms with Crippen LogP contribution < -0.4 is 0 Å². The zero-order chi connectivity index (χ0) is 17.3. The number of likely N-dealkylation sites (N-methyl/N-ethyl adjacent to an activating group) is 1. The molecule has 2 amide bonds. The van der Waals surface area contributed by atoms with E-state index in [-0.39, 0.29) is 24.2 Å². The minimum Gasteiger partial charge on any atom is -0.356 e. The van der Waals surface area contributed by atoms with E-state index in [1.165, 1.54) is 17.0 Å². The molecule has 2 aliphatic rings. The summed E-state index contributed by atoms with van der Waals surface area (Å²) >= 11 is 0. The molecule has 0 unspecified atom stereocenters. The van der Waals surface area contributed by atoms with Crippen LogP contribution in [-0.2, 0) is 14.3 Å². The van der Waals surface area contributed by atoms with Crippen LogP contribution in [0.2, 0.25) is 0 Å². The van der Waals surface area contributed by atoms with E-state index >= 15 is 0 Å². The van der Waals surface area contributed by atoms with Crippen LogP contribution in [0.5, 0.6) is 0 Å². The number of rotatable bonds is 2. The highest BCUT2D eigenvalue weighted by Crippen LogP contribution is 2.31. The highest BCUT2D eigenvalue weighted by molar-refractivity contribution is 5.86. The minimum atomic E-state index is -0.747. The summed E-state index contributed by atoms with van der Waals surface area (Å²) in [5.41, 5.74) is 0.704. The Labute approximate surface area is 141 Å². The first-order valence-electron chi connectivity index (χ1n) is 8.39. The van der Waals surface area contributed by atoms with Crippen molar-refractivity contribution in [2.24, 2.45) is 5.92 Å². The molecule has 0 bridgehead atoms. The largest absolute Gasteiger partial charge is 0.356 e. The number of amides is 2. The van der Waals surface area contributed by atoms with Crippen molar-refractivity contribution in [3.63, 3.8) is 0 Å². The molecule has 0 saturated carbocycles. The fourth-order valence-corrected chi connectivity index (χ4v) is 3.55. The highest BCUT2D eigenvalue weighted by Gasteiger charge is 2.42. The second kappa shape index (κ2) is 6.89. The third-order valence-corrected chi connectivity index (χ3v) is 4.91. The van der Waals surface area contributed by atoms with Gasteiger partial charge >= 0.3 is 0 Å². The lowest BCUT2D eigenvalue weighted by atomic mass is 9.95. The Bertz CT molecular complexity index is 619. The molecule has 130 valence electrons. The van der Waals surface area contributed by atoms with Gasteiger partial charge in [0.1, 0.15) is 12.4 Å². The zero-order valence-electron chi connectivity index (χ0n) is 14.1. The molecule has 2 saturated heterocycles. The maximum Gasteiger partial charge on any atom is 0.254 e. The maximum absolute atomic E-state index is 13.2. The fraction of sp³-hybridized carbons (Fsp3) is 0.556.